The van der Waals surface area contributed by atoms with Gasteiger partial charge in [0.1, 0.15) is 11.5 Å². The minimum absolute atomic E-state index is 0.101. The number of carbonyl (C=O) groups excluding carboxylic acids is 1. The lowest BCUT2D eigenvalue weighted by atomic mass is 9.88. The quantitative estimate of drug-likeness (QED) is 0.502. The van der Waals surface area contributed by atoms with E-state index in [1.54, 1.807) is 38.4 Å². The average Bonchev–Trinajstić information content (AvgIpc) is 3.10. The Balaban J connectivity index is 2.01. The number of aryl methyl sites for hydroxylation is 1. The highest BCUT2D eigenvalue weighted by molar-refractivity contribution is 5.98. The van der Waals surface area contributed by atoms with Gasteiger partial charge >= 0.3 is 0 Å². The predicted molar refractivity (Wildman–Crippen MR) is 106 cm³/mol. The van der Waals surface area contributed by atoms with E-state index in [1.807, 2.05) is 13.8 Å². The number of nitrogens with zero attached hydrogens (tertiary/aromatic N) is 1. The van der Waals surface area contributed by atoms with E-state index in [0.717, 1.165) is 0 Å². The SMILES string of the molecule is CCC(c1ccc(C)o1)c1c(Nc2cccc(C(=O)N(C)C)c2O)c(=O)c1=O. The third-order valence-corrected chi connectivity index (χ3v) is 4.74. The molecule has 1 amide bonds. The highest BCUT2D eigenvalue weighted by atomic mass is 16.3. The van der Waals surface area contributed by atoms with Crippen LogP contribution in [0.4, 0.5) is 11.4 Å². The Morgan fingerprint density at radius 2 is 1.89 bits per heavy atom. The topological polar surface area (TPSA) is 99.8 Å². The van der Waals surface area contributed by atoms with Crippen molar-refractivity contribution >= 4 is 17.3 Å². The summed E-state index contributed by atoms with van der Waals surface area (Å²) in [6.45, 7) is 3.71. The van der Waals surface area contributed by atoms with Crippen molar-refractivity contribution in [1.29, 1.82) is 0 Å². The largest absolute Gasteiger partial charge is 0.505 e. The van der Waals surface area contributed by atoms with Crippen LogP contribution in [0.25, 0.3) is 0 Å². The molecule has 0 aliphatic carbocycles. The van der Waals surface area contributed by atoms with Crippen molar-refractivity contribution in [2.45, 2.75) is 26.2 Å². The van der Waals surface area contributed by atoms with E-state index >= 15 is 0 Å². The molecule has 2 aromatic carbocycles. The monoisotopic (exact) mass is 382 g/mol. The zero-order valence-electron chi connectivity index (χ0n) is 16.2. The van der Waals surface area contributed by atoms with Crippen molar-refractivity contribution in [3.8, 4) is 5.75 Å². The van der Waals surface area contributed by atoms with Gasteiger partial charge in [0.05, 0.1) is 16.9 Å². The lowest BCUT2D eigenvalue weighted by Gasteiger charge is -2.20. The molecule has 1 heterocycles. The maximum absolute atomic E-state index is 12.3. The van der Waals surface area contributed by atoms with Gasteiger partial charge in [0.2, 0.25) is 10.9 Å². The molecule has 2 N–H and O–H groups in total. The van der Waals surface area contributed by atoms with Crippen LogP contribution in [0.15, 0.2) is 44.3 Å². The molecular formula is C21H22N2O5. The normalized spacial score (nSPS) is 12.1. The number of benzene rings is 1. The molecule has 3 aromatic rings. The average molecular weight is 382 g/mol. The maximum Gasteiger partial charge on any atom is 0.257 e. The summed E-state index contributed by atoms with van der Waals surface area (Å²) in [5, 5.41) is 13.3. The molecule has 7 heteroatoms. The fourth-order valence-electron chi connectivity index (χ4n) is 3.25. The zero-order chi connectivity index (χ0) is 20.6. The van der Waals surface area contributed by atoms with Crippen LogP contribution in [0.2, 0.25) is 0 Å². The molecule has 1 aromatic heterocycles. The number of furan rings is 1. The molecule has 7 nitrogen and oxygen atoms in total. The van der Waals surface area contributed by atoms with Crippen LogP contribution in [-0.2, 0) is 0 Å². The molecule has 28 heavy (non-hydrogen) atoms. The minimum Gasteiger partial charge on any atom is -0.505 e. The molecule has 0 fully saturated rings. The Labute approximate surface area is 161 Å². The van der Waals surface area contributed by atoms with Gasteiger partial charge in [0.15, 0.2) is 5.75 Å². The van der Waals surface area contributed by atoms with Crippen LogP contribution in [0, 0.1) is 6.92 Å². The predicted octanol–water partition coefficient (Wildman–Crippen LogP) is 2.88. The van der Waals surface area contributed by atoms with E-state index in [-0.39, 0.29) is 34.5 Å². The van der Waals surface area contributed by atoms with E-state index in [2.05, 4.69) is 5.32 Å². The van der Waals surface area contributed by atoms with Crippen molar-refractivity contribution in [2.75, 3.05) is 19.4 Å². The van der Waals surface area contributed by atoms with Crippen molar-refractivity contribution in [1.82, 2.24) is 4.90 Å². The number of phenolic OH excluding ortho intramolecular Hbond substituents is 1. The summed E-state index contributed by atoms with van der Waals surface area (Å²) in [4.78, 5) is 38.0. The van der Waals surface area contributed by atoms with Crippen LogP contribution >= 0.6 is 0 Å². The summed E-state index contributed by atoms with van der Waals surface area (Å²) >= 11 is 0. The standard InChI is InChI=1S/C21H22N2O5/c1-5-12(15-10-9-11(2)28-15)16-17(20(26)19(16)25)22-14-8-6-7-13(18(14)24)21(27)23(3)4/h6-10,12,22,24H,5H2,1-4H3. The van der Waals surface area contributed by atoms with Gasteiger partial charge in [-0.2, -0.15) is 0 Å². The Morgan fingerprint density at radius 1 is 1.18 bits per heavy atom. The fraction of sp³-hybridized carbons (Fsp3) is 0.286. The first-order valence-corrected chi connectivity index (χ1v) is 8.96. The van der Waals surface area contributed by atoms with Crippen LogP contribution in [0.1, 0.15) is 46.7 Å². The Bertz CT molecular complexity index is 1100. The van der Waals surface area contributed by atoms with Crippen molar-refractivity contribution in [3.05, 3.63) is 73.4 Å². The number of aromatic hydroxyl groups is 1. The van der Waals surface area contributed by atoms with Gasteiger partial charge < -0.3 is 19.7 Å². The second kappa shape index (κ2) is 7.34. The molecule has 1 atom stereocenters. The summed E-state index contributed by atoms with van der Waals surface area (Å²) in [6, 6.07) is 8.22. The number of hydrogen-bond acceptors (Lipinski definition) is 6. The smallest absolute Gasteiger partial charge is 0.257 e. The van der Waals surface area contributed by atoms with E-state index in [1.165, 1.54) is 11.0 Å². The molecule has 0 bridgehead atoms. The van der Waals surface area contributed by atoms with Gasteiger partial charge in [0, 0.05) is 25.6 Å². The van der Waals surface area contributed by atoms with E-state index in [9.17, 15) is 19.5 Å². The van der Waals surface area contributed by atoms with Crippen LogP contribution in [0.5, 0.6) is 5.75 Å². The summed E-state index contributed by atoms with van der Waals surface area (Å²) in [6.07, 6.45) is 0.567. The van der Waals surface area contributed by atoms with Gasteiger partial charge in [-0.3, -0.25) is 14.4 Å². The molecule has 0 saturated heterocycles. The van der Waals surface area contributed by atoms with Gasteiger partial charge in [-0.25, -0.2) is 0 Å². The number of anilines is 2. The van der Waals surface area contributed by atoms with E-state index in [4.69, 9.17) is 4.42 Å². The molecule has 0 spiro atoms. The Hall–Kier alpha value is -3.35. The van der Waals surface area contributed by atoms with Gasteiger partial charge in [0.25, 0.3) is 5.91 Å². The molecular weight excluding hydrogens is 360 g/mol. The summed E-state index contributed by atoms with van der Waals surface area (Å²) in [5.41, 5.74) is -0.486. The number of nitrogens with one attached hydrogen (secondary N) is 1. The van der Waals surface area contributed by atoms with Gasteiger partial charge in [-0.05, 0) is 37.6 Å². The fourth-order valence-corrected chi connectivity index (χ4v) is 3.25. The number of para-hydroxylation sites is 1. The van der Waals surface area contributed by atoms with E-state index in [0.29, 0.717) is 23.5 Å². The van der Waals surface area contributed by atoms with Crippen LogP contribution in [0.3, 0.4) is 0 Å². The van der Waals surface area contributed by atoms with Crippen molar-refractivity contribution < 1.29 is 14.3 Å². The molecule has 146 valence electrons. The maximum atomic E-state index is 12.3. The number of rotatable bonds is 6. The van der Waals surface area contributed by atoms with Crippen LogP contribution in [-0.4, -0.2) is 30.0 Å². The third-order valence-electron chi connectivity index (χ3n) is 4.74. The summed E-state index contributed by atoms with van der Waals surface area (Å²) in [5.74, 6) is 0.311. The lowest BCUT2D eigenvalue weighted by molar-refractivity contribution is 0.0824. The highest BCUT2D eigenvalue weighted by Crippen LogP contribution is 2.35. The Kier molecular flexibility index (Phi) is 5.09. The third kappa shape index (κ3) is 3.19. The highest BCUT2D eigenvalue weighted by Gasteiger charge is 2.30. The first-order chi connectivity index (χ1) is 13.3. The number of hydrogen-bond donors (Lipinski definition) is 2. The van der Waals surface area contributed by atoms with Crippen molar-refractivity contribution in [3.63, 3.8) is 0 Å². The van der Waals surface area contributed by atoms with Crippen molar-refractivity contribution in [2.24, 2.45) is 0 Å². The zero-order valence-corrected chi connectivity index (χ0v) is 16.2. The lowest BCUT2D eigenvalue weighted by Crippen LogP contribution is -2.39. The van der Waals surface area contributed by atoms with Gasteiger partial charge in [-0.1, -0.05) is 13.0 Å². The number of carbonyl (C=O) groups is 1. The molecule has 0 aliphatic heterocycles. The molecule has 3 rings (SSSR count). The minimum atomic E-state index is -0.652. The second-order valence-electron chi connectivity index (χ2n) is 6.88. The molecule has 0 radical (unpaired) electrons. The summed E-state index contributed by atoms with van der Waals surface area (Å²) < 4.78 is 5.65. The summed E-state index contributed by atoms with van der Waals surface area (Å²) in [7, 11) is 3.15. The van der Waals surface area contributed by atoms with Gasteiger partial charge in [-0.15, -0.1) is 0 Å². The first-order valence-electron chi connectivity index (χ1n) is 8.96. The molecule has 0 saturated carbocycles. The van der Waals surface area contributed by atoms with Crippen LogP contribution < -0.4 is 16.2 Å². The number of phenols is 1. The second-order valence-corrected chi connectivity index (χ2v) is 6.88. The van der Waals surface area contributed by atoms with E-state index < -0.39 is 10.9 Å². The molecule has 0 aliphatic rings. The first kappa shape index (κ1) is 19.4. The molecule has 1 unspecified atom stereocenters. The Morgan fingerprint density at radius 3 is 2.46 bits per heavy atom. The number of amides is 1.